The average molecular weight is 408 g/mol. The van der Waals surface area contributed by atoms with Gasteiger partial charge < -0.3 is 4.74 Å². The average Bonchev–Trinajstić information content (AvgIpc) is 3.07. The van der Waals surface area contributed by atoms with Gasteiger partial charge in [-0.3, -0.25) is 4.79 Å². The number of esters is 1. The Labute approximate surface area is 162 Å². The van der Waals surface area contributed by atoms with Gasteiger partial charge in [-0.2, -0.15) is 4.31 Å². The number of benzene rings is 1. The van der Waals surface area contributed by atoms with Crippen LogP contribution in [-0.2, 0) is 14.8 Å². The first kappa shape index (κ1) is 19.7. The summed E-state index contributed by atoms with van der Waals surface area (Å²) in [5.41, 5.74) is 0.116. The molecule has 1 aliphatic rings. The van der Waals surface area contributed by atoms with Crippen molar-refractivity contribution in [3.63, 3.8) is 0 Å². The number of sulfonamides is 1. The normalized spacial score (nSPS) is 15.9. The number of Topliss-reactive ketones (excluding diaryl/α,β-unsaturated/α-hetero) is 1. The molecule has 1 aromatic heterocycles. The van der Waals surface area contributed by atoms with E-state index in [1.54, 1.807) is 17.5 Å². The second-order valence-electron chi connectivity index (χ2n) is 6.32. The van der Waals surface area contributed by atoms with Gasteiger partial charge in [0.05, 0.1) is 15.3 Å². The van der Waals surface area contributed by atoms with E-state index >= 15 is 0 Å². The van der Waals surface area contributed by atoms with E-state index in [1.807, 2.05) is 0 Å². The topological polar surface area (TPSA) is 80.8 Å². The van der Waals surface area contributed by atoms with Crippen LogP contribution in [0, 0.1) is 0 Å². The maximum atomic E-state index is 12.9. The molecule has 27 heavy (non-hydrogen) atoms. The Kier molecular flexibility index (Phi) is 6.41. The molecule has 0 bridgehead atoms. The molecule has 0 spiro atoms. The minimum Gasteiger partial charge on any atom is -0.454 e. The number of rotatable bonds is 6. The molecule has 2 aromatic rings. The highest BCUT2D eigenvalue weighted by Crippen LogP contribution is 2.21. The van der Waals surface area contributed by atoms with E-state index in [0.717, 1.165) is 25.7 Å². The smallest absolute Gasteiger partial charge is 0.338 e. The quantitative estimate of drug-likeness (QED) is 0.542. The van der Waals surface area contributed by atoms with Gasteiger partial charge in [0.15, 0.2) is 6.61 Å². The van der Waals surface area contributed by atoms with Gasteiger partial charge in [-0.25, -0.2) is 13.2 Å². The summed E-state index contributed by atoms with van der Waals surface area (Å²) in [6.45, 7) is 0.612. The van der Waals surface area contributed by atoms with Crippen molar-refractivity contribution in [3.05, 3.63) is 52.2 Å². The molecule has 144 valence electrons. The monoisotopic (exact) mass is 407 g/mol. The molecule has 0 amide bonds. The molecule has 0 N–H and O–H groups in total. The van der Waals surface area contributed by atoms with E-state index in [9.17, 15) is 18.0 Å². The largest absolute Gasteiger partial charge is 0.454 e. The lowest BCUT2D eigenvalue weighted by atomic mass is 10.2. The second kappa shape index (κ2) is 8.77. The highest BCUT2D eigenvalue weighted by molar-refractivity contribution is 7.89. The van der Waals surface area contributed by atoms with Crippen molar-refractivity contribution in [3.8, 4) is 0 Å². The van der Waals surface area contributed by atoms with E-state index in [4.69, 9.17) is 4.74 Å². The van der Waals surface area contributed by atoms with Crippen molar-refractivity contribution in [2.24, 2.45) is 0 Å². The van der Waals surface area contributed by atoms with Crippen molar-refractivity contribution < 1.29 is 22.7 Å². The van der Waals surface area contributed by atoms with Gasteiger partial charge in [0.25, 0.3) is 0 Å². The Bertz CT molecular complexity index is 898. The number of hydrogen-bond acceptors (Lipinski definition) is 6. The summed E-state index contributed by atoms with van der Waals surface area (Å²) < 4.78 is 32.2. The van der Waals surface area contributed by atoms with Crippen LogP contribution >= 0.6 is 11.3 Å². The zero-order valence-corrected chi connectivity index (χ0v) is 16.4. The minimum absolute atomic E-state index is 0.0726. The molecule has 1 fully saturated rings. The molecular weight excluding hydrogens is 386 g/mol. The maximum Gasteiger partial charge on any atom is 0.338 e. The molecule has 2 heterocycles. The highest BCUT2D eigenvalue weighted by Gasteiger charge is 2.26. The molecule has 0 saturated carbocycles. The van der Waals surface area contributed by atoms with Gasteiger partial charge in [-0.1, -0.05) is 25.0 Å². The summed E-state index contributed by atoms with van der Waals surface area (Å²) in [4.78, 5) is 24.8. The molecule has 8 heteroatoms. The third-order valence-electron chi connectivity index (χ3n) is 4.40. The predicted octanol–water partition coefficient (Wildman–Crippen LogP) is 3.35. The second-order valence-corrected chi connectivity index (χ2v) is 9.21. The Morgan fingerprint density at radius 1 is 1.04 bits per heavy atom. The van der Waals surface area contributed by atoms with E-state index in [0.29, 0.717) is 18.0 Å². The predicted molar refractivity (Wildman–Crippen MR) is 103 cm³/mol. The first-order valence-corrected chi connectivity index (χ1v) is 11.1. The van der Waals surface area contributed by atoms with Gasteiger partial charge in [-0.15, -0.1) is 11.3 Å². The van der Waals surface area contributed by atoms with Crippen molar-refractivity contribution in [2.75, 3.05) is 19.7 Å². The van der Waals surface area contributed by atoms with Crippen LogP contribution in [0.5, 0.6) is 0 Å². The van der Waals surface area contributed by atoms with Crippen LogP contribution in [0.4, 0.5) is 0 Å². The van der Waals surface area contributed by atoms with Gasteiger partial charge in [0, 0.05) is 13.1 Å². The summed E-state index contributed by atoms with van der Waals surface area (Å²) in [6.07, 6.45) is 3.73. The fourth-order valence-electron chi connectivity index (χ4n) is 2.94. The minimum atomic E-state index is -3.65. The zero-order valence-electron chi connectivity index (χ0n) is 14.8. The number of nitrogens with zero attached hydrogens (tertiary/aromatic N) is 1. The molecule has 1 aromatic carbocycles. The molecule has 0 unspecified atom stereocenters. The standard InChI is InChI=1S/C19H21NO5S2/c21-17(18-9-6-12-26-18)14-25-19(22)15-7-5-8-16(13-15)27(23,24)20-10-3-1-2-4-11-20/h5-9,12-13H,1-4,10-11,14H2. The molecule has 0 aliphatic carbocycles. The first-order chi connectivity index (χ1) is 13.0. The van der Waals surface area contributed by atoms with Crippen molar-refractivity contribution in [1.29, 1.82) is 0 Å². The SMILES string of the molecule is O=C(OCC(=O)c1cccs1)c1cccc(S(=O)(=O)N2CCCCCC2)c1. The number of ketones is 1. The van der Waals surface area contributed by atoms with E-state index in [-0.39, 0.29) is 22.8 Å². The Morgan fingerprint density at radius 3 is 2.44 bits per heavy atom. The lowest BCUT2D eigenvalue weighted by Gasteiger charge is -2.20. The zero-order chi connectivity index (χ0) is 19.3. The number of carbonyl (C=O) groups excluding carboxylic acids is 2. The van der Waals surface area contributed by atoms with Crippen LogP contribution in [0.3, 0.4) is 0 Å². The molecule has 1 aliphatic heterocycles. The molecule has 1 saturated heterocycles. The molecule has 0 atom stereocenters. The first-order valence-electron chi connectivity index (χ1n) is 8.82. The summed E-state index contributed by atoms with van der Waals surface area (Å²) in [7, 11) is -3.65. The fourth-order valence-corrected chi connectivity index (χ4v) is 5.15. The van der Waals surface area contributed by atoms with Gasteiger partial charge in [0.1, 0.15) is 0 Å². The third-order valence-corrected chi connectivity index (χ3v) is 7.21. The Hall–Kier alpha value is -2.03. The van der Waals surface area contributed by atoms with E-state index in [1.165, 1.54) is 39.9 Å². The summed E-state index contributed by atoms with van der Waals surface area (Å²) in [5, 5.41) is 1.77. The summed E-state index contributed by atoms with van der Waals surface area (Å²) in [5.74, 6) is -1.00. The van der Waals surface area contributed by atoms with E-state index < -0.39 is 16.0 Å². The number of thiophene rings is 1. The highest BCUT2D eigenvalue weighted by atomic mass is 32.2. The lowest BCUT2D eigenvalue weighted by Crippen LogP contribution is -2.32. The molecule has 0 radical (unpaired) electrons. The molecule has 3 rings (SSSR count). The van der Waals surface area contributed by atoms with Crippen LogP contribution in [0.25, 0.3) is 0 Å². The number of carbonyl (C=O) groups is 2. The van der Waals surface area contributed by atoms with Gasteiger partial charge in [-0.05, 0) is 42.5 Å². The fraction of sp³-hybridized carbons (Fsp3) is 0.368. The van der Waals surface area contributed by atoms with Crippen LogP contribution in [-0.4, -0.2) is 44.2 Å². The van der Waals surface area contributed by atoms with Crippen LogP contribution in [0.2, 0.25) is 0 Å². The maximum absolute atomic E-state index is 12.9. The summed E-state index contributed by atoms with van der Waals surface area (Å²) >= 11 is 1.28. The van der Waals surface area contributed by atoms with Crippen molar-refractivity contribution >= 4 is 33.1 Å². The third kappa shape index (κ3) is 4.82. The summed E-state index contributed by atoms with van der Waals surface area (Å²) in [6, 6.07) is 9.21. The van der Waals surface area contributed by atoms with Crippen LogP contribution in [0.15, 0.2) is 46.7 Å². The lowest BCUT2D eigenvalue weighted by molar-refractivity contribution is 0.0475. The van der Waals surface area contributed by atoms with Crippen molar-refractivity contribution in [1.82, 2.24) is 4.31 Å². The Morgan fingerprint density at radius 2 is 1.78 bits per heavy atom. The van der Waals surface area contributed by atoms with Crippen LogP contribution in [0.1, 0.15) is 45.7 Å². The number of hydrogen-bond donors (Lipinski definition) is 0. The van der Waals surface area contributed by atoms with Gasteiger partial charge >= 0.3 is 5.97 Å². The van der Waals surface area contributed by atoms with Gasteiger partial charge in [0.2, 0.25) is 15.8 Å². The van der Waals surface area contributed by atoms with Crippen LogP contribution < -0.4 is 0 Å². The molecular formula is C19H21NO5S2. The number of ether oxygens (including phenoxy) is 1. The van der Waals surface area contributed by atoms with Crippen molar-refractivity contribution in [2.45, 2.75) is 30.6 Å². The molecule has 6 nitrogen and oxygen atoms in total. The Balaban J connectivity index is 1.70. The van der Waals surface area contributed by atoms with E-state index in [2.05, 4.69) is 0 Å².